The van der Waals surface area contributed by atoms with Crippen molar-refractivity contribution in [2.45, 2.75) is 49.9 Å². The first-order chi connectivity index (χ1) is 19.2. The van der Waals surface area contributed by atoms with Gasteiger partial charge < -0.3 is 26.1 Å². The average Bonchev–Trinajstić information content (AvgIpc) is 3.33. The van der Waals surface area contributed by atoms with Gasteiger partial charge in [-0.3, -0.25) is 14.5 Å². The lowest BCUT2D eigenvalue weighted by molar-refractivity contribution is -0.719. The number of nitrogen functional groups attached to an aromatic ring is 1. The van der Waals surface area contributed by atoms with Crippen molar-refractivity contribution in [1.82, 2.24) is 20.2 Å². The Labute approximate surface area is 247 Å². The van der Waals surface area contributed by atoms with Gasteiger partial charge >= 0.3 is 17.1 Å². The van der Waals surface area contributed by atoms with Crippen LogP contribution in [-0.2, 0) is 31.1 Å². The number of aliphatic carboxylic acids is 2. The maximum Gasteiger partial charge on any atom is 0.359 e. The molecule has 17 heteroatoms. The van der Waals surface area contributed by atoms with Crippen LogP contribution in [0.2, 0.25) is 0 Å². The van der Waals surface area contributed by atoms with Gasteiger partial charge in [0.05, 0.1) is 11.9 Å². The van der Waals surface area contributed by atoms with E-state index in [-0.39, 0.29) is 21.4 Å². The number of amides is 2. The van der Waals surface area contributed by atoms with Gasteiger partial charge in [-0.2, -0.15) is 0 Å². The fourth-order valence-corrected chi connectivity index (χ4v) is 7.11. The predicted octanol–water partition coefficient (Wildman–Crippen LogP) is 0.676. The van der Waals surface area contributed by atoms with Gasteiger partial charge in [0.25, 0.3) is 11.8 Å². The van der Waals surface area contributed by atoms with E-state index in [1.54, 1.807) is 0 Å². The van der Waals surface area contributed by atoms with E-state index < -0.39 is 40.8 Å². The van der Waals surface area contributed by atoms with Gasteiger partial charge in [-0.1, -0.05) is 16.5 Å². The zero-order valence-corrected chi connectivity index (χ0v) is 25.1. The number of carboxylic acids is 2. The van der Waals surface area contributed by atoms with Crippen LogP contribution in [-0.4, -0.2) is 83.1 Å². The molecule has 2 aliphatic heterocycles. The number of oxime groups is 1. The Hall–Kier alpha value is -3.70. The standard InChI is InChI=1S/C24H27N7O7S3/c1-10-6-11(2)30(5)23(27-10)40-9-12-8-39-19-15(18(33)31(19)16(12)20(34)35)28-17(32)14(13-7-26-22(25)41-13)29-38-24(3,4)21(36)37/h6-7,15,19H,8-9H2,1-5H3,(H4-,25,26,28,29,32,34,35,36,37)/p+1. The SMILES string of the molecule is Cc1cc(C)[n+](C)c(SCC2=C(C(=O)O)N3C(=O)C(NC(=O)/C(=N\OC(C)(C)C(=O)O)c4cnc(N)s4)C3SC2)n1. The van der Waals surface area contributed by atoms with Crippen molar-refractivity contribution in [2.75, 3.05) is 17.2 Å². The predicted molar refractivity (Wildman–Crippen MR) is 151 cm³/mol. The molecule has 2 amide bonds. The number of carbonyl (C=O) groups excluding carboxylic acids is 2. The highest BCUT2D eigenvalue weighted by atomic mass is 32.2. The summed E-state index contributed by atoms with van der Waals surface area (Å²) in [5.74, 6) is -3.34. The van der Waals surface area contributed by atoms with Crippen LogP contribution < -0.4 is 15.6 Å². The van der Waals surface area contributed by atoms with E-state index in [4.69, 9.17) is 10.6 Å². The van der Waals surface area contributed by atoms with E-state index in [2.05, 4.69) is 20.4 Å². The Morgan fingerprint density at radius 1 is 1.34 bits per heavy atom. The summed E-state index contributed by atoms with van der Waals surface area (Å²) in [5, 5.41) is 25.9. The van der Waals surface area contributed by atoms with E-state index in [0.29, 0.717) is 17.1 Å². The minimum absolute atomic E-state index is 0.112. The van der Waals surface area contributed by atoms with Crippen molar-refractivity contribution < 1.29 is 38.8 Å². The van der Waals surface area contributed by atoms with Crippen molar-refractivity contribution in [1.29, 1.82) is 0 Å². The second-order valence-electron chi connectivity index (χ2n) is 9.70. The van der Waals surface area contributed by atoms with Gasteiger partial charge in [0.2, 0.25) is 5.60 Å². The lowest BCUT2D eigenvalue weighted by atomic mass is 10.0. The quantitative estimate of drug-likeness (QED) is 0.0722. The van der Waals surface area contributed by atoms with Gasteiger partial charge in [-0.25, -0.2) is 19.1 Å². The number of aryl methyl sites for hydroxylation is 2. The molecule has 0 aliphatic carbocycles. The van der Waals surface area contributed by atoms with Crippen LogP contribution in [0.4, 0.5) is 5.13 Å². The number of aromatic nitrogens is 3. The van der Waals surface area contributed by atoms with Crippen molar-refractivity contribution >= 4 is 69.5 Å². The number of β-lactam (4-membered cyclic amide) rings is 1. The maximum absolute atomic E-state index is 13.2. The molecule has 2 aliphatic rings. The van der Waals surface area contributed by atoms with Gasteiger partial charge in [-0.05, 0) is 43.1 Å². The fourth-order valence-electron chi connectivity index (χ4n) is 3.89. The first kappa shape index (κ1) is 30.3. The van der Waals surface area contributed by atoms with E-state index in [1.807, 2.05) is 31.5 Å². The van der Waals surface area contributed by atoms with Crippen LogP contribution in [0, 0.1) is 13.8 Å². The zero-order valence-electron chi connectivity index (χ0n) is 22.7. The Bertz CT molecular complexity index is 1500. The lowest BCUT2D eigenvalue weighted by Gasteiger charge is -2.49. The first-order valence-electron chi connectivity index (χ1n) is 12.1. The number of carbonyl (C=O) groups is 4. The molecule has 4 heterocycles. The molecule has 5 N–H and O–H groups in total. The van der Waals surface area contributed by atoms with Crippen LogP contribution in [0.5, 0.6) is 0 Å². The lowest BCUT2D eigenvalue weighted by Crippen LogP contribution is -2.71. The van der Waals surface area contributed by atoms with Crippen molar-refractivity contribution in [2.24, 2.45) is 12.2 Å². The molecule has 0 radical (unpaired) electrons. The van der Waals surface area contributed by atoms with Gasteiger partial charge in [0, 0.05) is 30.7 Å². The third-order valence-electron chi connectivity index (χ3n) is 6.27. The van der Waals surface area contributed by atoms with Crippen LogP contribution >= 0.6 is 34.9 Å². The average molecular weight is 623 g/mol. The third kappa shape index (κ3) is 6.15. The Balaban J connectivity index is 1.53. The summed E-state index contributed by atoms with van der Waals surface area (Å²) in [6, 6.07) is 0.900. The summed E-state index contributed by atoms with van der Waals surface area (Å²) in [5.41, 5.74) is 5.92. The van der Waals surface area contributed by atoms with E-state index >= 15 is 0 Å². The number of nitrogens with one attached hydrogen (secondary N) is 1. The first-order valence-corrected chi connectivity index (χ1v) is 15.0. The molecule has 2 aromatic heterocycles. The topological polar surface area (TPSA) is 201 Å². The summed E-state index contributed by atoms with van der Waals surface area (Å²) >= 11 is 3.63. The molecule has 1 fully saturated rings. The third-order valence-corrected chi connectivity index (χ3v) is 9.56. The van der Waals surface area contributed by atoms with Crippen molar-refractivity contribution in [3.63, 3.8) is 0 Å². The second kappa shape index (κ2) is 11.7. The summed E-state index contributed by atoms with van der Waals surface area (Å²) in [7, 11) is 1.88. The smallest absolute Gasteiger partial charge is 0.359 e. The number of fused-ring (bicyclic) bond motifs is 1. The molecule has 2 atom stereocenters. The Kier molecular flexibility index (Phi) is 8.60. The molecule has 218 valence electrons. The second-order valence-corrected chi connectivity index (χ2v) is 12.8. The van der Waals surface area contributed by atoms with Gasteiger partial charge in [0.1, 0.15) is 22.8 Å². The summed E-state index contributed by atoms with van der Waals surface area (Å²) in [6.07, 6.45) is 1.28. The largest absolute Gasteiger partial charge is 0.478 e. The molecule has 1 saturated heterocycles. The van der Waals surface area contributed by atoms with Gasteiger partial charge in [0.15, 0.2) is 16.5 Å². The van der Waals surface area contributed by atoms with E-state index in [9.17, 15) is 29.4 Å². The van der Waals surface area contributed by atoms with Crippen LogP contribution in [0.1, 0.15) is 30.1 Å². The number of thioether (sulfide) groups is 2. The molecule has 0 spiro atoms. The highest BCUT2D eigenvalue weighted by Crippen LogP contribution is 2.41. The molecule has 4 rings (SSSR count). The molecular weight excluding hydrogens is 595 g/mol. The van der Waals surface area contributed by atoms with Crippen LogP contribution in [0.3, 0.4) is 0 Å². The normalized spacial score (nSPS) is 19.0. The summed E-state index contributed by atoms with van der Waals surface area (Å²) in [4.78, 5) is 65.0. The van der Waals surface area contributed by atoms with Crippen molar-refractivity contribution in [3.05, 3.63) is 39.8 Å². The maximum atomic E-state index is 13.2. The Morgan fingerprint density at radius 3 is 2.66 bits per heavy atom. The highest BCUT2D eigenvalue weighted by Gasteiger charge is 2.54. The summed E-state index contributed by atoms with van der Waals surface area (Å²) in [6.45, 7) is 6.35. The monoisotopic (exact) mass is 622 g/mol. The van der Waals surface area contributed by atoms with Gasteiger partial charge in [-0.15, -0.1) is 11.8 Å². The molecule has 0 bridgehead atoms. The van der Waals surface area contributed by atoms with E-state index in [1.165, 1.54) is 48.5 Å². The van der Waals surface area contributed by atoms with E-state index in [0.717, 1.165) is 27.9 Å². The highest BCUT2D eigenvalue weighted by molar-refractivity contribution is 8.01. The summed E-state index contributed by atoms with van der Waals surface area (Å²) < 4.78 is 1.91. The molecule has 0 saturated carbocycles. The minimum atomic E-state index is -1.75. The number of nitrogens with two attached hydrogens (primary N) is 1. The van der Waals surface area contributed by atoms with Crippen LogP contribution in [0.25, 0.3) is 0 Å². The molecule has 14 nitrogen and oxygen atoms in total. The minimum Gasteiger partial charge on any atom is -0.478 e. The molecule has 2 aromatic rings. The zero-order chi connectivity index (χ0) is 30.2. The molecule has 2 unspecified atom stereocenters. The van der Waals surface area contributed by atoms with Crippen LogP contribution in [0.15, 0.2) is 33.8 Å². The molecular formula is C24H28N7O7S3+. The van der Waals surface area contributed by atoms with Crippen molar-refractivity contribution in [3.8, 4) is 0 Å². The molecule has 0 aromatic carbocycles. The Morgan fingerprint density at radius 2 is 2.05 bits per heavy atom. The fraction of sp³-hybridized carbons (Fsp3) is 0.417. The molecule has 41 heavy (non-hydrogen) atoms. The number of rotatable bonds is 10. The number of nitrogens with zero attached hydrogens (tertiary/aromatic N) is 5. The number of anilines is 1. The number of carboxylic acid groups (broad SMARTS) is 2. The number of thiazole rings is 1. The number of hydrogen-bond donors (Lipinski definition) is 4. The number of hydrogen-bond acceptors (Lipinski definition) is 12.